The first-order chi connectivity index (χ1) is 8.93. The molecule has 1 saturated heterocycles. The zero-order chi connectivity index (χ0) is 12.2. The van der Waals surface area contributed by atoms with Gasteiger partial charge in [0, 0.05) is 23.8 Å². The average Bonchev–Trinajstić information content (AvgIpc) is 2.93. The molecule has 100 valence electrons. The van der Waals surface area contributed by atoms with E-state index in [-0.39, 0.29) is 12.4 Å². The Morgan fingerprint density at radius 1 is 0.947 bits per heavy atom. The van der Waals surface area contributed by atoms with Gasteiger partial charge in [-0.2, -0.15) is 0 Å². The minimum atomic E-state index is 0. The van der Waals surface area contributed by atoms with E-state index >= 15 is 0 Å². The van der Waals surface area contributed by atoms with Crippen molar-refractivity contribution in [3.8, 4) is 11.1 Å². The van der Waals surface area contributed by atoms with E-state index in [0.717, 1.165) is 13.1 Å². The lowest BCUT2D eigenvalue weighted by molar-refractivity contribution is 0.794. The van der Waals surface area contributed by atoms with E-state index in [4.69, 9.17) is 0 Å². The SMILES string of the molecule is Cl.c1ccc(-c2ccccc2N[C@H]2CCNC2)cc1. The molecule has 0 saturated carbocycles. The zero-order valence-corrected chi connectivity index (χ0v) is 11.6. The summed E-state index contributed by atoms with van der Waals surface area (Å²) >= 11 is 0. The fourth-order valence-corrected chi connectivity index (χ4v) is 2.48. The van der Waals surface area contributed by atoms with Crippen LogP contribution in [0.25, 0.3) is 11.1 Å². The summed E-state index contributed by atoms with van der Waals surface area (Å²) < 4.78 is 0. The molecule has 0 amide bonds. The van der Waals surface area contributed by atoms with Crippen LogP contribution in [0.2, 0.25) is 0 Å². The molecule has 0 spiro atoms. The summed E-state index contributed by atoms with van der Waals surface area (Å²) in [6.07, 6.45) is 1.20. The zero-order valence-electron chi connectivity index (χ0n) is 10.8. The first kappa shape index (κ1) is 13.9. The molecule has 1 heterocycles. The van der Waals surface area contributed by atoms with Gasteiger partial charge in [0.05, 0.1) is 0 Å². The van der Waals surface area contributed by atoms with Gasteiger partial charge in [0.25, 0.3) is 0 Å². The Hall–Kier alpha value is -1.51. The fourth-order valence-electron chi connectivity index (χ4n) is 2.48. The molecule has 0 bridgehead atoms. The molecule has 0 unspecified atom stereocenters. The van der Waals surface area contributed by atoms with Gasteiger partial charge in [-0.25, -0.2) is 0 Å². The Balaban J connectivity index is 0.00000133. The van der Waals surface area contributed by atoms with Crippen LogP contribution in [0.4, 0.5) is 5.69 Å². The maximum atomic E-state index is 3.65. The Labute approximate surface area is 120 Å². The van der Waals surface area contributed by atoms with E-state index < -0.39 is 0 Å². The highest BCUT2D eigenvalue weighted by molar-refractivity contribution is 5.85. The number of rotatable bonds is 3. The molecule has 2 aromatic rings. The molecule has 0 aliphatic carbocycles. The first-order valence-corrected chi connectivity index (χ1v) is 6.55. The topological polar surface area (TPSA) is 24.1 Å². The second kappa shape index (κ2) is 6.60. The van der Waals surface area contributed by atoms with Gasteiger partial charge in [0.1, 0.15) is 0 Å². The minimum Gasteiger partial charge on any atom is -0.380 e. The quantitative estimate of drug-likeness (QED) is 0.894. The van der Waals surface area contributed by atoms with Crippen LogP contribution >= 0.6 is 12.4 Å². The molecule has 0 aromatic heterocycles. The highest BCUT2D eigenvalue weighted by Gasteiger charge is 2.15. The third-order valence-corrected chi connectivity index (χ3v) is 3.43. The smallest absolute Gasteiger partial charge is 0.0422 e. The predicted octanol–water partition coefficient (Wildman–Crippen LogP) is 3.55. The van der Waals surface area contributed by atoms with Crippen LogP contribution in [0.1, 0.15) is 6.42 Å². The van der Waals surface area contributed by atoms with E-state index in [1.54, 1.807) is 0 Å². The summed E-state index contributed by atoms with van der Waals surface area (Å²) in [5, 5.41) is 7.03. The number of benzene rings is 2. The van der Waals surface area contributed by atoms with E-state index in [1.807, 2.05) is 0 Å². The minimum absolute atomic E-state index is 0. The summed E-state index contributed by atoms with van der Waals surface area (Å²) in [4.78, 5) is 0. The summed E-state index contributed by atoms with van der Waals surface area (Å²) in [6, 6.07) is 19.6. The van der Waals surface area contributed by atoms with Gasteiger partial charge >= 0.3 is 0 Å². The van der Waals surface area contributed by atoms with Gasteiger partial charge < -0.3 is 10.6 Å². The third kappa shape index (κ3) is 3.28. The lowest BCUT2D eigenvalue weighted by Gasteiger charge is -2.16. The van der Waals surface area contributed by atoms with E-state index in [9.17, 15) is 0 Å². The number of halogens is 1. The van der Waals surface area contributed by atoms with Crippen molar-refractivity contribution in [1.29, 1.82) is 0 Å². The van der Waals surface area contributed by atoms with Crippen molar-refractivity contribution in [1.82, 2.24) is 5.32 Å². The standard InChI is InChI=1S/C16H18N2.ClH/c1-2-6-13(7-3-1)15-8-4-5-9-16(15)18-14-10-11-17-12-14;/h1-9,14,17-18H,10-12H2;1H/t14-;/m0./s1. The maximum absolute atomic E-state index is 3.65. The Kier molecular flexibility index (Phi) is 4.83. The first-order valence-electron chi connectivity index (χ1n) is 6.55. The molecule has 3 heteroatoms. The molecule has 3 rings (SSSR count). The third-order valence-electron chi connectivity index (χ3n) is 3.43. The fraction of sp³-hybridized carbons (Fsp3) is 0.250. The van der Waals surface area contributed by atoms with Gasteiger partial charge in [-0.1, -0.05) is 48.5 Å². The maximum Gasteiger partial charge on any atom is 0.0422 e. The molecular weight excluding hydrogens is 256 g/mol. The van der Waals surface area contributed by atoms with Crippen molar-refractivity contribution >= 4 is 18.1 Å². The van der Waals surface area contributed by atoms with Crippen molar-refractivity contribution in [2.75, 3.05) is 18.4 Å². The van der Waals surface area contributed by atoms with Crippen LogP contribution in [-0.4, -0.2) is 19.1 Å². The van der Waals surface area contributed by atoms with E-state index in [2.05, 4.69) is 65.2 Å². The van der Waals surface area contributed by atoms with Crippen molar-refractivity contribution in [2.45, 2.75) is 12.5 Å². The van der Waals surface area contributed by atoms with Crippen LogP contribution in [0.15, 0.2) is 54.6 Å². The molecule has 19 heavy (non-hydrogen) atoms. The van der Waals surface area contributed by atoms with Crippen molar-refractivity contribution in [3.05, 3.63) is 54.6 Å². The van der Waals surface area contributed by atoms with Gasteiger partial charge in [-0.3, -0.25) is 0 Å². The van der Waals surface area contributed by atoms with Crippen LogP contribution in [0.3, 0.4) is 0 Å². The second-order valence-electron chi connectivity index (χ2n) is 4.75. The van der Waals surface area contributed by atoms with Crippen molar-refractivity contribution < 1.29 is 0 Å². The van der Waals surface area contributed by atoms with Gasteiger partial charge in [0.2, 0.25) is 0 Å². The van der Waals surface area contributed by atoms with Crippen molar-refractivity contribution in [2.24, 2.45) is 0 Å². The Bertz CT molecular complexity index is 507. The lowest BCUT2D eigenvalue weighted by atomic mass is 10.0. The van der Waals surface area contributed by atoms with E-state index in [0.29, 0.717) is 6.04 Å². The molecule has 2 nitrogen and oxygen atoms in total. The summed E-state index contributed by atoms with van der Waals surface area (Å²) in [6.45, 7) is 2.17. The number of hydrogen-bond donors (Lipinski definition) is 2. The van der Waals surface area contributed by atoms with Gasteiger partial charge in [-0.15, -0.1) is 12.4 Å². The molecule has 1 aliphatic heterocycles. The van der Waals surface area contributed by atoms with E-state index in [1.165, 1.54) is 23.2 Å². The average molecular weight is 275 g/mol. The normalized spacial score (nSPS) is 17.8. The van der Waals surface area contributed by atoms with Crippen LogP contribution < -0.4 is 10.6 Å². The molecule has 1 fully saturated rings. The summed E-state index contributed by atoms with van der Waals surface area (Å²) in [5.41, 5.74) is 3.79. The number of hydrogen-bond acceptors (Lipinski definition) is 2. The highest BCUT2D eigenvalue weighted by Crippen LogP contribution is 2.28. The Morgan fingerprint density at radius 3 is 2.42 bits per heavy atom. The molecular formula is C16H19ClN2. The molecule has 1 aliphatic rings. The molecule has 0 radical (unpaired) electrons. The van der Waals surface area contributed by atoms with Crippen molar-refractivity contribution in [3.63, 3.8) is 0 Å². The summed E-state index contributed by atoms with van der Waals surface area (Å²) in [7, 11) is 0. The largest absolute Gasteiger partial charge is 0.380 e. The molecule has 2 aromatic carbocycles. The predicted molar refractivity (Wildman–Crippen MR) is 84.0 cm³/mol. The van der Waals surface area contributed by atoms with Crippen LogP contribution in [0, 0.1) is 0 Å². The monoisotopic (exact) mass is 274 g/mol. The number of nitrogens with one attached hydrogen (secondary N) is 2. The van der Waals surface area contributed by atoms with Crippen LogP contribution in [-0.2, 0) is 0 Å². The molecule has 1 atom stereocenters. The number of para-hydroxylation sites is 1. The van der Waals surface area contributed by atoms with Crippen LogP contribution in [0.5, 0.6) is 0 Å². The summed E-state index contributed by atoms with van der Waals surface area (Å²) in [5.74, 6) is 0. The lowest BCUT2D eigenvalue weighted by Crippen LogP contribution is -2.22. The molecule has 2 N–H and O–H groups in total. The Morgan fingerprint density at radius 2 is 1.68 bits per heavy atom. The second-order valence-corrected chi connectivity index (χ2v) is 4.75. The van der Waals surface area contributed by atoms with Gasteiger partial charge in [0.15, 0.2) is 0 Å². The highest BCUT2D eigenvalue weighted by atomic mass is 35.5. The number of anilines is 1. The van der Waals surface area contributed by atoms with Gasteiger partial charge in [-0.05, 0) is 24.6 Å².